The highest BCUT2D eigenvalue weighted by Gasteiger charge is 2.09. The lowest BCUT2D eigenvalue weighted by molar-refractivity contribution is -0.113. The third kappa shape index (κ3) is 6.48. The Hall–Kier alpha value is -3.00. The zero-order valence-corrected chi connectivity index (χ0v) is 15.1. The number of hydrogen-bond donors (Lipinski definition) is 3. The van der Waals surface area contributed by atoms with Gasteiger partial charge in [-0.15, -0.1) is 11.8 Å². The highest BCUT2D eigenvalue weighted by Crippen LogP contribution is 2.16. The number of thioether (sulfide) groups is 1. The van der Waals surface area contributed by atoms with Crippen molar-refractivity contribution in [2.24, 2.45) is 10.8 Å². The predicted molar refractivity (Wildman–Crippen MR) is 105 cm³/mol. The van der Waals surface area contributed by atoms with Crippen molar-refractivity contribution in [1.82, 2.24) is 5.43 Å². The number of urea groups is 1. The van der Waals surface area contributed by atoms with Crippen molar-refractivity contribution in [2.75, 3.05) is 23.9 Å². The number of anilines is 1. The second-order valence-corrected chi connectivity index (χ2v) is 6.16. The highest BCUT2D eigenvalue weighted by atomic mass is 32.2. The summed E-state index contributed by atoms with van der Waals surface area (Å²) in [5, 5.41) is 6.85. The molecule has 2 rings (SSSR count). The summed E-state index contributed by atoms with van der Waals surface area (Å²) < 4.78 is 5.20. The largest absolute Gasteiger partial charge is 0.497 e. The van der Waals surface area contributed by atoms with Crippen LogP contribution in [0.5, 0.6) is 5.75 Å². The van der Waals surface area contributed by atoms with Gasteiger partial charge in [-0.3, -0.25) is 4.79 Å². The average molecular weight is 372 g/mol. The van der Waals surface area contributed by atoms with Crippen LogP contribution < -0.4 is 21.2 Å². The predicted octanol–water partition coefficient (Wildman–Crippen LogP) is 2.44. The molecule has 7 nitrogen and oxygen atoms in total. The number of para-hydroxylation sites is 1. The van der Waals surface area contributed by atoms with E-state index in [1.807, 2.05) is 48.5 Å². The maximum atomic E-state index is 12.0. The van der Waals surface area contributed by atoms with E-state index in [4.69, 9.17) is 10.5 Å². The molecule has 3 amide bonds. The van der Waals surface area contributed by atoms with E-state index in [0.717, 1.165) is 11.3 Å². The molecule has 0 aliphatic heterocycles. The Balaban J connectivity index is 1.97. The zero-order chi connectivity index (χ0) is 18.8. The number of hydrogen-bond acceptors (Lipinski definition) is 5. The number of amides is 3. The quantitative estimate of drug-likeness (QED) is 0.489. The second kappa shape index (κ2) is 10.1. The van der Waals surface area contributed by atoms with Crippen LogP contribution in [0.2, 0.25) is 0 Å². The average Bonchev–Trinajstić information content (AvgIpc) is 2.65. The molecule has 136 valence electrons. The Morgan fingerprint density at radius 1 is 1.12 bits per heavy atom. The molecule has 4 N–H and O–H groups in total. The molecular formula is C18H20N4O3S. The van der Waals surface area contributed by atoms with Gasteiger partial charge in [0.1, 0.15) is 5.75 Å². The van der Waals surface area contributed by atoms with Gasteiger partial charge in [-0.05, 0) is 24.3 Å². The van der Waals surface area contributed by atoms with Crippen molar-refractivity contribution in [1.29, 1.82) is 0 Å². The molecule has 0 aliphatic carbocycles. The fourth-order valence-electron chi connectivity index (χ4n) is 2.06. The van der Waals surface area contributed by atoms with Crippen LogP contribution in [0.15, 0.2) is 59.7 Å². The molecule has 0 unspecified atom stereocenters. The highest BCUT2D eigenvalue weighted by molar-refractivity contribution is 8.00. The van der Waals surface area contributed by atoms with Gasteiger partial charge >= 0.3 is 6.03 Å². The molecule has 0 aromatic heterocycles. The van der Waals surface area contributed by atoms with E-state index in [0.29, 0.717) is 17.2 Å². The zero-order valence-electron chi connectivity index (χ0n) is 14.3. The fourth-order valence-corrected chi connectivity index (χ4v) is 2.85. The fraction of sp³-hybridized carbons (Fsp3) is 0.167. The minimum Gasteiger partial charge on any atom is -0.497 e. The van der Waals surface area contributed by atoms with Crippen LogP contribution >= 0.6 is 11.8 Å². The summed E-state index contributed by atoms with van der Waals surface area (Å²) in [6.45, 7) is 0. The van der Waals surface area contributed by atoms with Gasteiger partial charge in [0, 0.05) is 17.0 Å². The lowest BCUT2D eigenvalue weighted by atomic mass is 10.1. The van der Waals surface area contributed by atoms with E-state index in [9.17, 15) is 9.59 Å². The lowest BCUT2D eigenvalue weighted by Gasteiger charge is -2.09. The van der Waals surface area contributed by atoms with Crippen LogP contribution in [-0.2, 0) is 4.79 Å². The van der Waals surface area contributed by atoms with E-state index in [2.05, 4.69) is 15.8 Å². The normalized spacial score (nSPS) is 10.9. The monoisotopic (exact) mass is 372 g/mol. The van der Waals surface area contributed by atoms with Gasteiger partial charge in [0.2, 0.25) is 5.91 Å². The first-order valence-corrected chi connectivity index (χ1v) is 8.93. The standard InChI is InChI=1S/C18H20N4O3S/c1-25-15-9-5-6-13(10-15)16(21-22-18(19)24)11-26-12-17(23)20-14-7-3-2-4-8-14/h2-10H,11-12H2,1H3,(H,20,23)(H3,19,22,24)/b21-16-. The molecule has 0 saturated heterocycles. The van der Waals surface area contributed by atoms with Crippen LogP contribution in [0.1, 0.15) is 5.56 Å². The summed E-state index contributed by atoms with van der Waals surface area (Å²) in [5.41, 5.74) is 9.42. The lowest BCUT2D eigenvalue weighted by Crippen LogP contribution is -2.26. The van der Waals surface area contributed by atoms with Crippen LogP contribution in [0.4, 0.5) is 10.5 Å². The summed E-state index contributed by atoms with van der Waals surface area (Å²) in [6.07, 6.45) is 0. The third-order valence-electron chi connectivity index (χ3n) is 3.23. The van der Waals surface area contributed by atoms with Crippen molar-refractivity contribution in [3.63, 3.8) is 0 Å². The number of rotatable bonds is 8. The Morgan fingerprint density at radius 2 is 1.88 bits per heavy atom. The van der Waals surface area contributed by atoms with Crippen molar-refractivity contribution in [3.05, 3.63) is 60.2 Å². The number of carbonyl (C=O) groups excluding carboxylic acids is 2. The minimum absolute atomic E-state index is 0.117. The van der Waals surface area contributed by atoms with Gasteiger partial charge in [0.15, 0.2) is 0 Å². The van der Waals surface area contributed by atoms with Crippen LogP contribution in [-0.4, -0.2) is 36.3 Å². The van der Waals surface area contributed by atoms with E-state index in [1.165, 1.54) is 11.8 Å². The number of hydrazone groups is 1. The number of nitrogens with one attached hydrogen (secondary N) is 2. The second-order valence-electron chi connectivity index (χ2n) is 5.17. The van der Waals surface area contributed by atoms with Crippen molar-refractivity contribution in [3.8, 4) is 5.75 Å². The number of ether oxygens (including phenoxy) is 1. The molecule has 0 aliphatic rings. The van der Waals surface area contributed by atoms with Crippen molar-refractivity contribution >= 4 is 35.1 Å². The van der Waals surface area contributed by atoms with E-state index in [1.54, 1.807) is 13.2 Å². The van der Waals surface area contributed by atoms with Crippen LogP contribution in [0.25, 0.3) is 0 Å². The number of nitrogens with zero attached hydrogens (tertiary/aromatic N) is 1. The Morgan fingerprint density at radius 3 is 2.58 bits per heavy atom. The number of primary amides is 1. The maximum Gasteiger partial charge on any atom is 0.332 e. The van der Waals surface area contributed by atoms with E-state index >= 15 is 0 Å². The van der Waals surface area contributed by atoms with Gasteiger partial charge in [0.05, 0.1) is 18.6 Å². The Kier molecular flexibility index (Phi) is 7.50. The van der Waals surface area contributed by atoms with E-state index < -0.39 is 6.03 Å². The van der Waals surface area contributed by atoms with Crippen molar-refractivity contribution < 1.29 is 14.3 Å². The molecule has 0 radical (unpaired) electrons. The van der Waals surface area contributed by atoms with Gasteiger partial charge in [-0.25, -0.2) is 10.2 Å². The molecule has 0 spiro atoms. The molecule has 0 saturated carbocycles. The number of methoxy groups -OCH3 is 1. The van der Waals surface area contributed by atoms with Gasteiger partial charge in [0.25, 0.3) is 0 Å². The molecule has 2 aromatic rings. The first kappa shape index (κ1) is 19.3. The molecule has 0 fully saturated rings. The SMILES string of the molecule is COc1cccc(/C(CSCC(=O)Nc2ccccc2)=N\NC(N)=O)c1. The smallest absolute Gasteiger partial charge is 0.332 e. The summed E-state index contributed by atoms with van der Waals surface area (Å²) in [7, 11) is 1.57. The number of nitrogens with two attached hydrogens (primary N) is 1. The Bertz CT molecular complexity index is 781. The van der Waals surface area contributed by atoms with Crippen LogP contribution in [0.3, 0.4) is 0 Å². The number of benzene rings is 2. The van der Waals surface area contributed by atoms with Crippen molar-refractivity contribution in [2.45, 2.75) is 0 Å². The maximum absolute atomic E-state index is 12.0. The summed E-state index contributed by atoms with van der Waals surface area (Å²) in [6, 6.07) is 15.7. The molecule has 0 atom stereocenters. The summed E-state index contributed by atoms with van der Waals surface area (Å²) in [5.74, 6) is 1.21. The molecule has 0 bridgehead atoms. The first-order valence-electron chi connectivity index (χ1n) is 7.77. The van der Waals surface area contributed by atoms with Gasteiger partial charge in [-0.1, -0.05) is 30.3 Å². The molecule has 26 heavy (non-hydrogen) atoms. The topological polar surface area (TPSA) is 106 Å². The molecule has 8 heteroatoms. The third-order valence-corrected chi connectivity index (χ3v) is 4.18. The molecule has 2 aromatic carbocycles. The van der Waals surface area contributed by atoms with Gasteiger partial charge < -0.3 is 15.8 Å². The first-order chi connectivity index (χ1) is 12.6. The van der Waals surface area contributed by atoms with E-state index in [-0.39, 0.29) is 11.7 Å². The molecular weight excluding hydrogens is 352 g/mol. The summed E-state index contributed by atoms with van der Waals surface area (Å²) in [4.78, 5) is 23.0. The minimum atomic E-state index is -0.753. The summed E-state index contributed by atoms with van der Waals surface area (Å²) >= 11 is 1.37. The molecule has 0 heterocycles. The Labute approximate surface area is 156 Å². The number of carbonyl (C=O) groups is 2. The van der Waals surface area contributed by atoms with Gasteiger partial charge in [-0.2, -0.15) is 5.10 Å². The van der Waals surface area contributed by atoms with Crippen LogP contribution in [0, 0.1) is 0 Å².